The summed E-state index contributed by atoms with van der Waals surface area (Å²) >= 11 is 0. The van der Waals surface area contributed by atoms with Crippen LogP contribution in [-0.2, 0) is 4.79 Å². The minimum Gasteiger partial charge on any atom is -0.481 e. The second kappa shape index (κ2) is 5.48. The summed E-state index contributed by atoms with van der Waals surface area (Å²) in [5, 5.41) is 11.9. The molecular formula is C14H17FN2O3. The van der Waals surface area contributed by atoms with E-state index < -0.39 is 23.2 Å². The molecule has 108 valence electrons. The molecule has 1 heterocycles. The van der Waals surface area contributed by atoms with E-state index in [-0.39, 0.29) is 6.54 Å². The fourth-order valence-electron chi connectivity index (χ4n) is 2.43. The van der Waals surface area contributed by atoms with Gasteiger partial charge in [-0.2, -0.15) is 0 Å². The number of carbonyl (C=O) groups excluding carboxylic acids is 1. The maximum atomic E-state index is 13.0. The Labute approximate surface area is 116 Å². The molecule has 2 amide bonds. The molecule has 0 aliphatic carbocycles. The van der Waals surface area contributed by atoms with E-state index in [2.05, 4.69) is 5.32 Å². The number of carboxylic acids is 1. The number of hydrogen-bond acceptors (Lipinski definition) is 2. The van der Waals surface area contributed by atoms with Gasteiger partial charge in [0.05, 0.1) is 5.41 Å². The first-order valence-electron chi connectivity index (χ1n) is 6.52. The summed E-state index contributed by atoms with van der Waals surface area (Å²) in [6.07, 6.45) is 0.918. The van der Waals surface area contributed by atoms with Crippen LogP contribution < -0.4 is 5.32 Å². The summed E-state index contributed by atoms with van der Waals surface area (Å²) in [6.45, 7) is 2.38. The minimum absolute atomic E-state index is 0.181. The van der Waals surface area contributed by atoms with Crippen molar-refractivity contribution < 1.29 is 19.1 Å². The van der Waals surface area contributed by atoms with Gasteiger partial charge in [0.1, 0.15) is 5.82 Å². The van der Waals surface area contributed by atoms with E-state index >= 15 is 0 Å². The number of anilines is 1. The van der Waals surface area contributed by atoms with Gasteiger partial charge in [-0.1, -0.05) is 13.0 Å². The molecule has 0 aromatic heterocycles. The average Bonchev–Trinajstić information content (AvgIpc) is 2.84. The Kier molecular flexibility index (Phi) is 3.92. The Morgan fingerprint density at radius 3 is 2.80 bits per heavy atom. The Hall–Kier alpha value is -2.11. The van der Waals surface area contributed by atoms with Gasteiger partial charge in [-0.25, -0.2) is 9.18 Å². The molecule has 6 heteroatoms. The zero-order valence-corrected chi connectivity index (χ0v) is 11.2. The van der Waals surface area contributed by atoms with E-state index in [0.717, 1.165) is 0 Å². The Balaban J connectivity index is 2.03. The first-order valence-corrected chi connectivity index (χ1v) is 6.52. The van der Waals surface area contributed by atoms with Crippen molar-refractivity contribution in [3.63, 3.8) is 0 Å². The smallest absolute Gasteiger partial charge is 0.321 e. The zero-order valence-electron chi connectivity index (χ0n) is 11.2. The van der Waals surface area contributed by atoms with E-state index in [0.29, 0.717) is 25.1 Å². The molecule has 1 atom stereocenters. The first kappa shape index (κ1) is 14.3. The number of carbonyl (C=O) groups is 2. The van der Waals surface area contributed by atoms with Crippen LogP contribution in [0.5, 0.6) is 0 Å². The molecule has 1 aliphatic heterocycles. The van der Waals surface area contributed by atoms with Crippen molar-refractivity contribution in [2.75, 3.05) is 18.4 Å². The Morgan fingerprint density at radius 2 is 2.25 bits per heavy atom. The maximum Gasteiger partial charge on any atom is 0.321 e. The van der Waals surface area contributed by atoms with Gasteiger partial charge in [0.25, 0.3) is 0 Å². The van der Waals surface area contributed by atoms with Gasteiger partial charge in [-0.3, -0.25) is 4.79 Å². The SMILES string of the molecule is CCC1(C(=O)O)CCN(C(=O)Nc2cccc(F)c2)C1. The van der Waals surface area contributed by atoms with Gasteiger partial charge in [0, 0.05) is 18.8 Å². The average molecular weight is 280 g/mol. The summed E-state index contributed by atoms with van der Waals surface area (Å²) in [5.74, 6) is -1.31. The van der Waals surface area contributed by atoms with Crippen LogP contribution >= 0.6 is 0 Å². The summed E-state index contributed by atoms with van der Waals surface area (Å²) in [4.78, 5) is 24.8. The molecule has 5 nitrogen and oxygen atoms in total. The number of likely N-dealkylation sites (tertiary alicyclic amines) is 1. The van der Waals surface area contributed by atoms with Gasteiger partial charge in [0.15, 0.2) is 0 Å². The zero-order chi connectivity index (χ0) is 14.8. The number of carboxylic acid groups (broad SMARTS) is 1. The van der Waals surface area contributed by atoms with Crippen molar-refractivity contribution in [3.05, 3.63) is 30.1 Å². The molecule has 1 unspecified atom stereocenters. The van der Waals surface area contributed by atoms with Crippen LogP contribution in [0.2, 0.25) is 0 Å². The highest BCUT2D eigenvalue weighted by Gasteiger charge is 2.44. The van der Waals surface area contributed by atoms with Crippen molar-refractivity contribution in [3.8, 4) is 0 Å². The van der Waals surface area contributed by atoms with Crippen molar-refractivity contribution in [1.29, 1.82) is 0 Å². The lowest BCUT2D eigenvalue weighted by Gasteiger charge is -2.23. The maximum absolute atomic E-state index is 13.0. The quantitative estimate of drug-likeness (QED) is 0.894. The minimum atomic E-state index is -0.874. The van der Waals surface area contributed by atoms with Crippen LogP contribution in [-0.4, -0.2) is 35.1 Å². The second-order valence-electron chi connectivity index (χ2n) is 5.05. The summed E-state index contributed by atoms with van der Waals surface area (Å²) < 4.78 is 13.0. The molecule has 1 fully saturated rings. The molecule has 0 radical (unpaired) electrons. The number of halogens is 1. The highest BCUT2D eigenvalue weighted by atomic mass is 19.1. The molecule has 0 spiro atoms. The number of amides is 2. The fourth-order valence-corrected chi connectivity index (χ4v) is 2.43. The largest absolute Gasteiger partial charge is 0.481 e. The van der Waals surface area contributed by atoms with Gasteiger partial charge in [-0.05, 0) is 31.0 Å². The first-order chi connectivity index (χ1) is 9.47. The number of nitrogens with zero attached hydrogens (tertiary/aromatic N) is 1. The highest BCUT2D eigenvalue weighted by Crippen LogP contribution is 2.34. The second-order valence-corrected chi connectivity index (χ2v) is 5.05. The number of benzene rings is 1. The molecule has 0 bridgehead atoms. The predicted octanol–water partition coefficient (Wildman–Crippen LogP) is 2.54. The summed E-state index contributed by atoms with van der Waals surface area (Å²) in [6, 6.07) is 5.20. The molecule has 1 aromatic carbocycles. The lowest BCUT2D eigenvalue weighted by Crippen LogP contribution is -2.38. The number of aliphatic carboxylic acids is 1. The van der Waals surface area contributed by atoms with Crippen molar-refractivity contribution in [2.24, 2.45) is 5.41 Å². The molecule has 1 aromatic rings. The molecule has 2 N–H and O–H groups in total. The van der Waals surface area contributed by atoms with E-state index in [1.807, 2.05) is 6.92 Å². The number of nitrogens with one attached hydrogen (secondary N) is 1. The Morgan fingerprint density at radius 1 is 1.50 bits per heavy atom. The van der Waals surface area contributed by atoms with Gasteiger partial charge in [-0.15, -0.1) is 0 Å². The Bertz CT molecular complexity index is 535. The van der Waals surface area contributed by atoms with Gasteiger partial charge in [0.2, 0.25) is 0 Å². The van der Waals surface area contributed by atoms with Crippen molar-refractivity contribution in [2.45, 2.75) is 19.8 Å². The topological polar surface area (TPSA) is 69.6 Å². The third-order valence-corrected chi connectivity index (χ3v) is 3.85. The molecular weight excluding hydrogens is 263 g/mol. The number of rotatable bonds is 3. The van der Waals surface area contributed by atoms with E-state index in [4.69, 9.17) is 0 Å². The molecule has 2 rings (SSSR count). The number of hydrogen-bond donors (Lipinski definition) is 2. The van der Waals surface area contributed by atoms with E-state index in [1.54, 1.807) is 6.07 Å². The van der Waals surface area contributed by atoms with Crippen LogP contribution in [0.4, 0.5) is 14.9 Å². The lowest BCUT2D eigenvalue weighted by molar-refractivity contribution is -0.148. The summed E-state index contributed by atoms with van der Waals surface area (Å²) in [5.41, 5.74) is -0.501. The summed E-state index contributed by atoms with van der Waals surface area (Å²) in [7, 11) is 0. The van der Waals surface area contributed by atoms with Crippen molar-refractivity contribution >= 4 is 17.7 Å². The van der Waals surface area contributed by atoms with Crippen LogP contribution in [0, 0.1) is 11.2 Å². The molecule has 1 saturated heterocycles. The molecule has 1 aliphatic rings. The normalized spacial score (nSPS) is 21.8. The fraction of sp³-hybridized carbons (Fsp3) is 0.429. The molecule has 20 heavy (non-hydrogen) atoms. The van der Waals surface area contributed by atoms with Crippen LogP contribution in [0.25, 0.3) is 0 Å². The monoisotopic (exact) mass is 280 g/mol. The van der Waals surface area contributed by atoms with Crippen LogP contribution in [0.15, 0.2) is 24.3 Å². The standard InChI is InChI=1S/C14H17FN2O3/c1-2-14(12(18)19)6-7-17(9-14)13(20)16-11-5-3-4-10(15)8-11/h3-5,8H,2,6-7,9H2,1H3,(H,16,20)(H,18,19). The van der Waals surface area contributed by atoms with E-state index in [9.17, 15) is 19.1 Å². The molecule has 0 saturated carbocycles. The third-order valence-electron chi connectivity index (χ3n) is 3.85. The van der Waals surface area contributed by atoms with E-state index in [1.165, 1.54) is 23.1 Å². The lowest BCUT2D eigenvalue weighted by atomic mass is 9.84. The number of urea groups is 1. The van der Waals surface area contributed by atoms with Crippen molar-refractivity contribution in [1.82, 2.24) is 4.90 Å². The van der Waals surface area contributed by atoms with Crippen LogP contribution in [0.3, 0.4) is 0 Å². The predicted molar refractivity (Wildman–Crippen MR) is 72.0 cm³/mol. The highest BCUT2D eigenvalue weighted by molar-refractivity contribution is 5.90. The van der Waals surface area contributed by atoms with Gasteiger partial charge >= 0.3 is 12.0 Å². The van der Waals surface area contributed by atoms with Gasteiger partial charge < -0.3 is 15.3 Å². The third kappa shape index (κ3) is 2.74. The van der Waals surface area contributed by atoms with Crippen LogP contribution in [0.1, 0.15) is 19.8 Å².